The van der Waals surface area contributed by atoms with E-state index in [1.165, 1.54) is 0 Å². The topological polar surface area (TPSA) is 95.6 Å². The predicted octanol–water partition coefficient (Wildman–Crippen LogP) is 0.980. The SMILES string of the molecule is O=C(Nc1cccc(N2CCCNC2=O)c1)C1CCS(=O)(=O)C1. The Bertz CT molecular complexity index is 732. The minimum absolute atomic E-state index is 0.0685. The van der Waals surface area contributed by atoms with Gasteiger partial charge in [0.1, 0.15) is 0 Å². The molecule has 2 saturated heterocycles. The molecule has 2 heterocycles. The summed E-state index contributed by atoms with van der Waals surface area (Å²) in [7, 11) is -3.09. The van der Waals surface area contributed by atoms with Crippen LogP contribution in [-0.2, 0) is 14.6 Å². The van der Waals surface area contributed by atoms with Crippen LogP contribution in [0.2, 0.25) is 0 Å². The van der Waals surface area contributed by atoms with E-state index in [1.807, 2.05) is 0 Å². The first kappa shape index (κ1) is 15.8. The fourth-order valence-corrected chi connectivity index (χ4v) is 4.61. The molecular weight excluding hydrogens is 318 g/mol. The van der Waals surface area contributed by atoms with Crippen molar-refractivity contribution in [3.8, 4) is 0 Å². The Morgan fingerprint density at radius 3 is 2.87 bits per heavy atom. The minimum Gasteiger partial charge on any atom is -0.338 e. The molecule has 2 fully saturated rings. The number of amides is 3. The van der Waals surface area contributed by atoms with Crippen LogP contribution < -0.4 is 15.5 Å². The zero-order valence-corrected chi connectivity index (χ0v) is 13.4. The third kappa shape index (κ3) is 3.64. The van der Waals surface area contributed by atoms with Crippen LogP contribution in [0, 0.1) is 5.92 Å². The van der Waals surface area contributed by atoms with Gasteiger partial charge in [0.25, 0.3) is 0 Å². The second kappa shape index (κ2) is 6.19. The van der Waals surface area contributed by atoms with Crippen LogP contribution >= 0.6 is 0 Å². The summed E-state index contributed by atoms with van der Waals surface area (Å²) >= 11 is 0. The number of sulfone groups is 1. The van der Waals surface area contributed by atoms with E-state index >= 15 is 0 Å². The molecule has 2 N–H and O–H groups in total. The first-order valence-corrected chi connectivity index (χ1v) is 9.43. The Labute approximate surface area is 135 Å². The minimum atomic E-state index is -3.09. The Morgan fingerprint density at radius 1 is 1.35 bits per heavy atom. The number of nitrogens with zero attached hydrogens (tertiary/aromatic N) is 1. The van der Waals surface area contributed by atoms with Gasteiger partial charge in [-0.3, -0.25) is 9.69 Å². The molecule has 1 aromatic carbocycles. The van der Waals surface area contributed by atoms with E-state index in [1.54, 1.807) is 29.2 Å². The summed E-state index contributed by atoms with van der Waals surface area (Å²) in [4.78, 5) is 25.7. The van der Waals surface area contributed by atoms with Gasteiger partial charge >= 0.3 is 6.03 Å². The molecule has 8 heteroatoms. The predicted molar refractivity (Wildman–Crippen MR) is 87.2 cm³/mol. The Hall–Kier alpha value is -2.09. The fourth-order valence-electron chi connectivity index (χ4n) is 2.87. The van der Waals surface area contributed by atoms with Crippen LogP contribution in [0.15, 0.2) is 24.3 Å². The van der Waals surface area contributed by atoms with Gasteiger partial charge in [-0.05, 0) is 31.0 Å². The molecule has 0 radical (unpaired) electrons. The number of carbonyl (C=O) groups excluding carboxylic acids is 2. The molecule has 0 spiro atoms. The van der Waals surface area contributed by atoms with Crippen molar-refractivity contribution in [1.29, 1.82) is 0 Å². The molecule has 1 atom stereocenters. The molecule has 3 rings (SSSR count). The van der Waals surface area contributed by atoms with Gasteiger partial charge in [0.15, 0.2) is 9.84 Å². The lowest BCUT2D eigenvalue weighted by Crippen LogP contribution is -2.46. The monoisotopic (exact) mass is 337 g/mol. The lowest BCUT2D eigenvalue weighted by Gasteiger charge is -2.27. The number of urea groups is 1. The van der Waals surface area contributed by atoms with E-state index in [2.05, 4.69) is 10.6 Å². The number of nitrogens with one attached hydrogen (secondary N) is 2. The number of hydrogen-bond acceptors (Lipinski definition) is 4. The van der Waals surface area contributed by atoms with Gasteiger partial charge in [0, 0.05) is 24.5 Å². The molecular formula is C15H19N3O4S. The Kier molecular flexibility index (Phi) is 4.25. The first-order valence-electron chi connectivity index (χ1n) is 7.61. The van der Waals surface area contributed by atoms with Crippen LogP contribution in [0.25, 0.3) is 0 Å². The normalized spacial score (nSPS) is 23.4. The second-order valence-electron chi connectivity index (χ2n) is 5.88. The highest BCUT2D eigenvalue weighted by molar-refractivity contribution is 7.91. The average molecular weight is 337 g/mol. The van der Waals surface area contributed by atoms with Crippen molar-refractivity contribution >= 4 is 33.2 Å². The van der Waals surface area contributed by atoms with Crippen LogP contribution in [0.4, 0.5) is 16.2 Å². The number of carbonyl (C=O) groups is 2. The standard InChI is InChI=1S/C15H19N3O4S/c19-14(11-5-8-23(21,22)10-11)17-12-3-1-4-13(9-12)18-7-2-6-16-15(18)20/h1,3-4,9,11H,2,5-8,10H2,(H,16,20)(H,17,19). The Balaban J connectivity index is 1.70. The highest BCUT2D eigenvalue weighted by Crippen LogP contribution is 2.24. The summed E-state index contributed by atoms with van der Waals surface area (Å²) in [6.07, 6.45) is 1.23. The van der Waals surface area contributed by atoms with E-state index in [4.69, 9.17) is 0 Å². The van der Waals surface area contributed by atoms with Crippen molar-refractivity contribution in [2.24, 2.45) is 5.92 Å². The summed E-state index contributed by atoms with van der Waals surface area (Å²) in [5, 5.41) is 5.53. The molecule has 0 saturated carbocycles. The second-order valence-corrected chi connectivity index (χ2v) is 8.11. The molecule has 7 nitrogen and oxygen atoms in total. The van der Waals surface area contributed by atoms with E-state index < -0.39 is 15.8 Å². The first-order chi connectivity index (χ1) is 10.9. The third-order valence-corrected chi connectivity index (χ3v) is 5.88. The van der Waals surface area contributed by atoms with Crippen LogP contribution in [-0.4, -0.2) is 45.0 Å². The number of rotatable bonds is 3. The maximum absolute atomic E-state index is 12.2. The molecule has 23 heavy (non-hydrogen) atoms. The molecule has 0 bridgehead atoms. The van der Waals surface area contributed by atoms with Crippen molar-refractivity contribution in [3.05, 3.63) is 24.3 Å². The highest BCUT2D eigenvalue weighted by atomic mass is 32.2. The van der Waals surface area contributed by atoms with Gasteiger partial charge in [-0.15, -0.1) is 0 Å². The maximum atomic E-state index is 12.2. The zero-order chi connectivity index (χ0) is 16.4. The van der Waals surface area contributed by atoms with Crippen LogP contribution in [0.1, 0.15) is 12.8 Å². The van der Waals surface area contributed by atoms with Crippen molar-refractivity contribution in [1.82, 2.24) is 5.32 Å². The van der Waals surface area contributed by atoms with Crippen LogP contribution in [0.3, 0.4) is 0 Å². The van der Waals surface area contributed by atoms with E-state index in [-0.39, 0.29) is 23.4 Å². The highest BCUT2D eigenvalue weighted by Gasteiger charge is 2.33. The molecule has 1 unspecified atom stereocenters. The van der Waals surface area contributed by atoms with Crippen LogP contribution in [0.5, 0.6) is 0 Å². The van der Waals surface area contributed by atoms with Gasteiger partial charge in [-0.2, -0.15) is 0 Å². The van der Waals surface area contributed by atoms with Gasteiger partial charge in [0.2, 0.25) is 5.91 Å². The molecule has 2 aliphatic rings. The van der Waals surface area contributed by atoms with Crippen molar-refractivity contribution < 1.29 is 18.0 Å². The van der Waals surface area contributed by atoms with Gasteiger partial charge in [-0.25, -0.2) is 13.2 Å². The lowest BCUT2D eigenvalue weighted by atomic mass is 10.1. The lowest BCUT2D eigenvalue weighted by molar-refractivity contribution is -0.119. The quantitative estimate of drug-likeness (QED) is 0.859. The maximum Gasteiger partial charge on any atom is 0.321 e. The largest absolute Gasteiger partial charge is 0.338 e. The molecule has 1 aromatic rings. The number of anilines is 2. The number of hydrogen-bond donors (Lipinski definition) is 2. The third-order valence-electron chi connectivity index (χ3n) is 4.11. The summed E-state index contributed by atoms with van der Waals surface area (Å²) in [5.41, 5.74) is 1.27. The summed E-state index contributed by atoms with van der Waals surface area (Å²) < 4.78 is 22.9. The van der Waals surface area contributed by atoms with E-state index in [9.17, 15) is 18.0 Å². The summed E-state index contributed by atoms with van der Waals surface area (Å²) in [6, 6.07) is 6.87. The Morgan fingerprint density at radius 2 is 2.17 bits per heavy atom. The average Bonchev–Trinajstić information content (AvgIpc) is 2.88. The summed E-state index contributed by atoms with van der Waals surface area (Å²) in [6.45, 7) is 1.30. The van der Waals surface area contributed by atoms with Gasteiger partial charge < -0.3 is 10.6 Å². The number of benzene rings is 1. The molecule has 0 aromatic heterocycles. The van der Waals surface area contributed by atoms with Crippen molar-refractivity contribution in [3.63, 3.8) is 0 Å². The van der Waals surface area contributed by atoms with Crippen molar-refractivity contribution in [2.45, 2.75) is 12.8 Å². The van der Waals surface area contributed by atoms with Gasteiger partial charge in [0.05, 0.1) is 17.4 Å². The van der Waals surface area contributed by atoms with Crippen molar-refractivity contribution in [2.75, 3.05) is 34.8 Å². The molecule has 124 valence electrons. The van der Waals surface area contributed by atoms with E-state index in [0.717, 1.165) is 6.42 Å². The molecule has 2 aliphatic heterocycles. The van der Waals surface area contributed by atoms with Gasteiger partial charge in [-0.1, -0.05) is 6.07 Å². The molecule has 3 amide bonds. The summed E-state index contributed by atoms with van der Waals surface area (Å²) in [5.74, 6) is -0.806. The fraction of sp³-hybridized carbons (Fsp3) is 0.467. The zero-order valence-electron chi connectivity index (χ0n) is 12.6. The smallest absolute Gasteiger partial charge is 0.321 e. The van der Waals surface area contributed by atoms with E-state index in [0.29, 0.717) is 30.9 Å². The molecule has 0 aliphatic carbocycles.